The fourth-order valence-corrected chi connectivity index (χ4v) is 2.22. The lowest BCUT2D eigenvalue weighted by Gasteiger charge is -2.03. The van der Waals surface area contributed by atoms with Crippen molar-refractivity contribution in [3.05, 3.63) is 46.0 Å². The quantitative estimate of drug-likeness (QED) is 0.699. The summed E-state index contributed by atoms with van der Waals surface area (Å²) in [6, 6.07) is 5.85. The third kappa shape index (κ3) is 0.995. The van der Waals surface area contributed by atoms with E-state index in [0.29, 0.717) is 17.6 Å². The zero-order valence-electron chi connectivity index (χ0n) is 7.90. The van der Waals surface area contributed by atoms with Crippen molar-refractivity contribution in [2.45, 2.75) is 12.6 Å². The van der Waals surface area contributed by atoms with Gasteiger partial charge < -0.3 is 10.3 Å². The van der Waals surface area contributed by atoms with Crippen LogP contribution in [0.2, 0.25) is 0 Å². The molecular formula is C11H9FN2O. The summed E-state index contributed by atoms with van der Waals surface area (Å²) in [5.41, 5.74) is 6.80. The Bertz CT molecular complexity index is 618. The summed E-state index contributed by atoms with van der Waals surface area (Å²) in [6.45, 7) is 0.367. The molecule has 0 bridgehead atoms. The van der Waals surface area contributed by atoms with Gasteiger partial charge in [-0.15, -0.1) is 0 Å². The fraction of sp³-hybridized carbons (Fsp3) is 0.182. The Morgan fingerprint density at radius 3 is 2.87 bits per heavy atom. The van der Waals surface area contributed by atoms with Crippen LogP contribution in [0.3, 0.4) is 0 Å². The highest BCUT2D eigenvalue weighted by Gasteiger charge is 2.25. The first kappa shape index (κ1) is 8.61. The van der Waals surface area contributed by atoms with Gasteiger partial charge in [0, 0.05) is 18.2 Å². The standard InChI is InChI=1S/C11H9FN2O/c12-7-3-1-6-2-4-9(15)14-5-8(13)10(7)11(6)14/h1-4,8H,5,13H2/t8-/m1/s1. The molecule has 76 valence electrons. The van der Waals surface area contributed by atoms with E-state index in [0.717, 1.165) is 5.39 Å². The van der Waals surface area contributed by atoms with Gasteiger partial charge in [0.25, 0.3) is 5.56 Å². The molecule has 4 heteroatoms. The molecule has 2 heterocycles. The molecule has 2 N–H and O–H groups in total. The van der Waals surface area contributed by atoms with E-state index in [-0.39, 0.29) is 11.4 Å². The maximum atomic E-state index is 13.5. The SMILES string of the molecule is N[C@@H]1Cn2c(=O)ccc3ccc(F)c1c32. The van der Waals surface area contributed by atoms with Gasteiger partial charge >= 0.3 is 0 Å². The summed E-state index contributed by atoms with van der Waals surface area (Å²) in [7, 11) is 0. The molecule has 0 fully saturated rings. The van der Waals surface area contributed by atoms with Gasteiger partial charge in [0.1, 0.15) is 5.82 Å². The first-order valence-corrected chi connectivity index (χ1v) is 4.76. The monoisotopic (exact) mass is 204 g/mol. The van der Waals surface area contributed by atoms with Crippen LogP contribution >= 0.6 is 0 Å². The molecule has 0 saturated carbocycles. The van der Waals surface area contributed by atoms with Crippen LogP contribution in [0.4, 0.5) is 4.39 Å². The second kappa shape index (κ2) is 2.67. The Labute approximate surface area is 84.9 Å². The van der Waals surface area contributed by atoms with Crippen LogP contribution in [0.15, 0.2) is 29.1 Å². The molecule has 1 aliphatic rings. The van der Waals surface area contributed by atoms with Gasteiger partial charge in [-0.3, -0.25) is 4.79 Å². The minimum Gasteiger partial charge on any atom is -0.322 e. The van der Waals surface area contributed by atoms with Gasteiger partial charge in [0.05, 0.1) is 11.6 Å². The van der Waals surface area contributed by atoms with Gasteiger partial charge in [-0.2, -0.15) is 0 Å². The maximum Gasteiger partial charge on any atom is 0.251 e. The predicted octanol–water partition coefficient (Wildman–Crippen LogP) is 1.15. The Hall–Kier alpha value is -1.68. The molecule has 0 unspecified atom stereocenters. The van der Waals surface area contributed by atoms with Crippen LogP contribution in [0.1, 0.15) is 11.6 Å². The molecular weight excluding hydrogens is 195 g/mol. The zero-order valence-corrected chi connectivity index (χ0v) is 7.90. The summed E-state index contributed by atoms with van der Waals surface area (Å²) < 4.78 is 15.1. The second-order valence-corrected chi connectivity index (χ2v) is 3.79. The van der Waals surface area contributed by atoms with Crippen LogP contribution in [-0.2, 0) is 6.54 Å². The Balaban J connectivity index is 2.59. The molecule has 0 spiro atoms. The molecule has 1 atom stereocenters. The smallest absolute Gasteiger partial charge is 0.251 e. The van der Waals surface area contributed by atoms with Crippen LogP contribution in [-0.4, -0.2) is 4.57 Å². The van der Waals surface area contributed by atoms with E-state index in [1.165, 1.54) is 12.1 Å². The van der Waals surface area contributed by atoms with Crippen molar-refractivity contribution in [1.82, 2.24) is 4.57 Å². The molecule has 0 saturated heterocycles. The van der Waals surface area contributed by atoms with Crippen LogP contribution in [0.25, 0.3) is 10.9 Å². The fourth-order valence-electron chi connectivity index (χ4n) is 2.22. The van der Waals surface area contributed by atoms with Crippen molar-refractivity contribution in [2.75, 3.05) is 0 Å². The van der Waals surface area contributed by atoms with E-state index in [1.807, 2.05) is 0 Å². The molecule has 0 amide bonds. The molecule has 1 aliphatic heterocycles. The third-order valence-electron chi connectivity index (χ3n) is 2.89. The van der Waals surface area contributed by atoms with Crippen LogP contribution in [0.5, 0.6) is 0 Å². The highest BCUT2D eigenvalue weighted by Crippen LogP contribution is 2.31. The highest BCUT2D eigenvalue weighted by atomic mass is 19.1. The molecule has 1 aromatic heterocycles. The van der Waals surface area contributed by atoms with Crippen molar-refractivity contribution >= 4 is 10.9 Å². The number of aromatic nitrogens is 1. The van der Waals surface area contributed by atoms with E-state index in [2.05, 4.69) is 0 Å². The first-order valence-electron chi connectivity index (χ1n) is 4.76. The molecule has 3 rings (SSSR count). The molecule has 1 aromatic carbocycles. The summed E-state index contributed by atoms with van der Waals surface area (Å²) >= 11 is 0. The lowest BCUT2D eigenvalue weighted by atomic mass is 10.1. The van der Waals surface area contributed by atoms with Gasteiger partial charge in [0.15, 0.2) is 0 Å². The van der Waals surface area contributed by atoms with Gasteiger partial charge in [-0.1, -0.05) is 0 Å². The van der Waals surface area contributed by atoms with Crippen molar-refractivity contribution in [1.29, 1.82) is 0 Å². The summed E-state index contributed by atoms with van der Waals surface area (Å²) in [4.78, 5) is 11.5. The summed E-state index contributed by atoms with van der Waals surface area (Å²) in [5, 5.41) is 0.860. The van der Waals surface area contributed by atoms with E-state index in [1.54, 1.807) is 16.7 Å². The zero-order chi connectivity index (χ0) is 10.6. The number of nitrogens with zero attached hydrogens (tertiary/aromatic N) is 1. The van der Waals surface area contributed by atoms with Crippen molar-refractivity contribution in [3.8, 4) is 0 Å². The van der Waals surface area contributed by atoms with E-state index < -0.39 is 6.04 Å². The van der Waals surface area contributed by atoms with Crippen molar-refractivity contribution < 1.29 is 4.39 Å². The van der Waals surface area contributed by atoms with Crippen molar-refractivity contribution in [3.63, 3.8) is 0 Å². The second-order valence-electron chi connectivity index (χ2n) is 3.79. The summed E-state index contributed by atoms with van der Waals surface area (Å²) in [6.07, 6.45) is 0. The Morgan fingerprint density at radius 2 is 2.07 bits per heavy atom. The van der Waals surface area contributed by atoms with Gasteiger partial charge in [-0.05, 0) is 23.6 Å². The topological polar surface area (TPSA) is 48.0 Å². The normalized spacial score (nSPS) is 18.7. The van der Waals surface area contributed by atoms with E-state index >= 15 is 0 Å². The highest BCUT2D eigenvalue weighted by molar-refractivity contribution is 5.84. The molecule has 0 radical (unpaired) electrons. The number of pyridine rings is 1. The Morgan fingerprint density at radius 1 is 1.33 bits per heavy atom. The number of halogens is 1. The van der Waals surface area contributed by atoms with E-state index in [9.17, 15) is 9.18 Å². The molecule has 3 nitrogen and oxygen atoms in total. The first-order chi connectivity index (χ1) is 7.18. The number of hydrogen-bond acceptors (Lipinski definition) is 2. The average molecular weight is 204 g/mol. The van der Waals surface area contributed by atoms with Gasteiger partial charge in [0.2, 0.25) is 0 Å². The largest absolute Gasteiger partial charge is 0.322 e. The van der Waals surface area contributed by atoms with E-state index in [4.69, 9.17) is 5.73 Å². The third-order valence-corrected chi connectivity index (χ3v) is 2.89. The summed E-state index contributed by atoms with van der Waals surface area (Å²) in [5.74, 6) is -0.327. The Kier molecular flexibility index (Phi) is 1.53. The molecule has 15 heavy (non-hydrogen) atoms. The predicted molar refractivity (Wildman–Crippen MR) is 55.1 cm³/mol. The number of hydrogen-bond donors (Lipinski definition) is 1. The average Bonchev–Trinajstić information content (AvgIpc) is 2.56. The minimum absolute atomic E-state index is 0.123. The lowest BCUT2D eigenvalue weighted by molar-refractivity contribution is 0.569. The molecule has 2 aromatic rings. The lowest BCUT2D eigenvalue weighted by Crippen LogP contribution is -2.19. The number of nitrogens with two attached hydrogens (primary N) is 1. The maximum absolute atomic E-state index is 13.5. The minimum atomic E-state index is -0.413. The van der Waals surface area contributed by atoms with Gasteiger partial charge in [-0.25, -0.2) is 4.39 Å². The van der Waals surface area contributed by atoms with Crippen molar-refractivity contribution in [2.24, 2.45) is 5.73 Å². The van der Waals surface area contributed by atoms with Crippen LogP contribution in [0, 0.1) is 5.82 Å². The van der Waals surface area contributed by atoms with Crippen LogP contribution < -0.4 is 11.3 Å². The molecule has 0 aliphatic carbocycles. The number of benzene rings is 1. The number of rotatable bonds is 0.